The molecule has 0 aliphatic heterocycles. The summed E-state index contributed by atoms with van der Waals surface area (Å²) in [6.07, 6.45) is 0. The molecule has 0 N–H and O–H groups in total. The van der Waals surface area contributed by atoms with Crippen molar-refractivity contribution in [3.8, 4) is 0 Å². The van der Waals surface area contributed by atoms with Gasteiger partial charge in [-0.25, -0.2) is 0 Å². The van der Waals surface area contributed by atoms with Crippen molar-refractivity contribution in [1.29, 1.82) is 0 Å². The molecule has 0 aromatic rings. The second-order valence-electron chi connectivity index (χ2n) is 6.25. The van der Waals surface area contributed by atoms with Gasteiger partial charge in [0.2, 0.25) is 0 Å². The first-order chi connectivity index (χ1) is 7.21. The molecule has 0 aliphatic carbocycles. The predicted molar refractivity (Wildman–Crippen MR) is 80.4 cm³/mol. The summed E-state index contributed by atoms with van der Waals surface area (Å²) in [4.78, 5) is 0. The molecule has 0 aliphatic rings. The highest BCUT2D eigenvalue weighted by Crippen LogP contribution is 2.08. The maximum absolute atomic E-state index is 2.26. The highest BCUT2D eigenvalue weighted by atomic mass is 127. The molecular weight excluding hydrogens is 490 g/mol. The molecule has 0 amide bonds. The Kier molecular flexibility index (Phi) is 17.8. The first kappa shape index (κ1) is 25.1. The van der Waals surface area contributed by atoms with Gasteiger partial charge in [-0.15, -0.1) is 0 Å². The average molecular weight is 520 g/mol. The van der Waals surface area contributed by atoms with Gasteiger partial charge in [-0.1, -0.05) is 0 Å². The first-order valence-electron chi connectivity index (χ1n) is 5.97. The van der Waals surface area contributed by atoms with Crippen LogP contribution in [0.25, 0.3) is 0 Å². The molecule has 0 rings (SSSR count). The van der Waals surface area contributed by atoms with E-state index in [1.165, 1.54) is 36.1 Å². The van der Waals surface area contributed by atoms with Crippen LogP contribution >= 0.6 is 23.5 Å². The number of hydrogen-bond donors (Lipinski definition) is 0. The molecule has 0 unspecified atom stereocenters. The minimum absolute atomic E-state index is 0. The lowest BCUT2D eigenvalue weighted by Gasteiger charge is -2.24. The van der Waals surface area contributed by atoms with Crippen molar-refractivity contribution >= 4 is 23.5 Å². The zero-order valence-corrected chi connectivity index (χ0v) is 18.7. The van der Waals surface area contributed by atoms with Crippen LogP contribution in [0.4, 0.5) is 0 Å². The van der Waals surface area contributed by atoms with Crippen molar-refractivity contribution in [2.45, 2.75) is 0 Å². The summed E-state index contributed by atoms with van der Waals surface area (Å²) in [7, 11) is 13.6. The van der Waals surface area contributed by atoms with E-state index in [0.717, 1.165) is 8.97 Å². The van der Waals surface area contributed by atoms with Crippen LogP contribution in [-0.2, 0) is 0 Å². The maximum atomic E-state index is 2.26. The summed E-state index contributed by atoms with van der Waals surface area (Å²) < 4.78 is 2.17. The van der Waals surface area contributed by atoms with Crippen molar-refractivity contribution < 1.29 is 56.9 Å². The summed E-state index contributed by atoms with van der Waals surface area (Å²) in [6.45, 7) is 2.54. The van der Waals surface area contributed by atoms with E-state index in [1.807, 2.05) is 0 Å². The van der Waals surface area contributed by atoms with E-state index < -0.39 is 0 Å². The molecule has 114 valence electrons. The van der Waals surface area contributed by atoms with Crippen LogP contribution < -0.4 is 48.0 Å². The molecule has 0 bridgehead atoms. The molecule has 0 atom stereocenters. The minimum atomic E-state index is 0. The Morgan fingerprint density at radius 2 is 0.833 bits per heavy atom. The lowest BCUT2D eigenvalue weighted by molar-refractivity contribution is -0.867. The third kappa shape index (κ3) is 23.2. The zero-order chi connectivity index (χ0) is 12.7. The number of hydrogen-bond acceptors (Lipinski definition) is 2. The van der Waals surface area contributed by atoms with Gasteiger partial charge in [0.15, 0.2) is 0 Å². The average Bonchev–Trinajstić information content (AvgIpc) is 2.06. The highest BCUT2D eigenvalue weighted by molar-refractivity contribution is 8.02. The van der Waals surface area contributed by atoms with Gasteiger partial charge in [-0.2, -0.15) is 23.5 Å². The van der Waals surface area contributed by atoms with E-state index in [4.69, 9.17) is 0 Å². The minimum Gasteiger partial charge on any atom is -1.00 e. The van der Waals surface area contributed by atoms with Gasteiger partial charge in [0.1, 0.15) is 0 Å². The molecule has 0 aromatic heterocycles. The smallest absolute Gasteiger partial charge is 0.0872 e. The normalized spacial score (nSPS) is 11.7. The van der Waals surface area contributed by atoms with Gasteiger partial charge in [0.05, 0.1) is 55.4 Å². The Morgan fingerprint density at radius 1 is 0.556 bits per heavy atom. The molecule has 0 saturated carbocycles. The van der Waals surface area contributed by atoms with Crippen LogP contribution in [0.2, 0.25) is 0 Å². The molecule has 0 fully saturated rings. The molecule has 0 heterocycles. The number of quaternary nitrogens is 2. The summed E-state index contributed by atoms with van der Waals surface area (Å²) in [6, 6.07) is 0. The Hall–Kier alpha value is 2.08. The lowest BCUT2D eigenvalue weighted by Crippen LogP contribution is -3.00. The van der Waals surface area contributed by atoms with E-state index in [2.05, 4.69) is 65.8 Å². The van der Waals surface area contributed by atoms with Gasteiger partial charge in [0.25, 0.3) is 0 Å². The van der Waals surface area contributed by atoms with Crippen LogP contribution in [0, 0.1) is 0 Å². The Labute approximate surface area is 157 Å². The number of rotatable bonds is 9. The second-order valence-corrected chi connectivity index (χ2v) is 8.70. The fraction of sp³-hybridized carbons (Fsp3) is 1.00. The van der Waals surface area contributed by atoms with Gasteiger partial charge in [-0.05, 0) is 0 Å². The van der Waals surface area contributed by atoms with Gasteiger partial charge >= 0.3 is 0 Å². The van der Waals surface area contributed by atoms with E-state index in [0.29, 0.717) is 0 Å². The standard InChI is InChI=1S/C12H30N2S2.2HI/c1-13(2,3)7-9-15-11-12-16-10-8-14(4,5)6;;/h7-12H2,1-6H3;2*1H/q+2;;/p-2. The summed E-state index contributed by atoms with van der Waals surface area (Å²) >= 11 is 4.19. The van der Waals surface area contributed by atoms with Crippen molar-refractivity contribution in [2.75, 3.05) is 78.4 Å². The Morgan fingerprint density at radius 3 is 1.06 bits per heavy atom. The van der Waals surface area contributed by atoms with E-state index >= 15 is 0 Å². The van der Waals surface area contributed by atoms with Crippen molar-refractivity contribution in [1.82, 2.24) is 0 Å². The summed E-state index contributed by atoms with van der Waals surface area (Å²) in [5.41, 5.74) is 0. The quantitative estimate of drug-likeness (QED) is 0.172. The molecule has 0 aromatic carbocycles. The van der Waals surface area contributed by atoms with Crippen molar-refractivity contribution in [2.24, 2.45) is 0 Å². The number of nitrogens with zero attached hydrogens (tertiary/aromatic N) is 2. The third-order valence-corrected chi connectivity index (χ3v) is 4.37. The molecule has 0 saturated heterocycles. The lowest BCUT2D eigenvalue weighted by atomic mass is 10.6. The third-order valence-electron chi connectivity index (χ3n) is 2.18. The first-order valence-corrected chi connectivity index (χ1v) is 8.28. The summed E-state index contributed by atoms with van der Waals surface area (Å²) in [5.74, 6) is 5.20. The van der Waals surface area contributed by atoms with E-state index in [-0.39, 0.29) is 48.0 Å². The zero-order valence-electron chi connectivity index (χ0n) is 12.7. The van der Waals surface area contributed by atoms with Gasteiger partial charge in [-0.3, -0.25) is 0 Å². The van der Waals surface area contributed by atoms with Crippen LogP contribution in [0.5, 0.6) is 0 Å². The van der Waals surface area contributed by atoms with Crippen LogP contribution in [0.1, 0.15) is 0 Å². The van der Waals surface area contributed by atoms with Crippen molar-refractivity contribution in [3.63, 3.8) is 0 Å². The summed E-state index contributed by atoms with van der Waals surface area (Å²) in [5, 5.41) is 0. The molecule has 2 nitrogen and oxygen atoms in total. The fourth-order valence-corrected chi connectivity index (χ4v) is 3.70. The topological polar surface area (TPSA) is 0 Å². The SMILES string of the molecule is C[N+](C)(C)CCSCCSCC[N+](C)(C)C.[I-].[I-]. The number of thioether (sulfide) groups is 2. The maximum Gasteiger partial charge on any atom is 0.0872 e. The highest BCUT2D eigenvalue weighted by Gasteiger charge is 2.07. The second kappa shape index (κ2) is 12.8. The van der Waals surface area contributed by atoms with E-state index in [1.54, 1.807) is 0 Å². The largest absolute Gasteiger partial charge is 1.00 e. The monoisotopic (exact) mass is 520 g/mol. The van der Waals surface area contributed by atoms with Crippen LogP contribution in [0.15, 0.2) is 0 Å². The molecule has 0 radical (unpaired) electrons. The Balaban J connectivity index is -0.00000112. The molecule has 6 heteroatoms. The predicted octanol–water partition coefficient (Wildman–Crippen LogP) is -4.13. The van der Waals surface area contributed by atoms with Crippen LogP contribution in [0.3, 0.4) is 0 Å². The van der Waals surface area contributed by atoms with Crippen LogP contribution in [-0.4, -0.2) is 87.4 Å². The van der Waals surface area contributed by atoms with Crippen molar-refractivity contribution in [3.05, 3.63) is 0 Å². The van der Waals surface area contributed by atoms with Gasteiger partial charge in [0, 0.05) is 23.0 Å². The number of halogens is 2. The molecular formula is C12H30I2N2S2. The molecule has 18 heavy (non-hydrogen) atoms. The van der Waals surface area contributed by atoms with Gasteiger partial charge < -0.3 is 56.9 Å². The fourth-order valence-electron chi connectivity index (χ4n) is 0.999. The molecule has 0 spiro atoms. The Bertz CT molecular complexity index is 160. The van der Waals surface area contributed by atoms with E-state index in [9.17, 15) is 0 Å².